The van der Waals surface area contributed by atoms with E-state index in [1.54, 1.807) is 12.4 Å². The minimum absolute atomic E-state index is 0.665. The van der Waals surface area contributed by atoms with Crippen molar-refractivity contribution in [2.45, 2.75) is 6.54 Å². The first kappa shape index (κ1) is 16.0. The van der Waals surface area contributed by atoms with Crippen molar-refractivity contribution < 1.29 is 0 Å². The fraction of sp³-hybridized carbons (Fsp3) is 0.0455. The lowest BCUT2D eigenvalue weighted by Gasteiger charge is -2.11. The van der Waals surface area contributed by atoms with Gasteiger partial charge in [-0.25, -0.2) is 0 Å². The van der Waals surface area contributed by atoms with E-state index in [0.717, 1.165) is 33.5 Å². The van der Waals surface area contributed by atoms with E-state index in [0.29, 0.717) is 6.54 Å². The monoisotopic (exact) mass is 338 g/mol. The summed E-state index contributed by atoms with van der Waals surface area (Å²) in [5, 5.41) is 5.73. The Hall–Kier alpha value is -3.53. The van der Waals surface area contributed by atoms with E-state index < -0.39 is 0 Å². The number of pyridine rings is 2. The lowest BCUT2D eigenvalue weighted by molar-refractivity contribution is 1.05. The second-order valence-corrected chi connectivity index (χ2v) is 5.87. The third-order valence-electron chi connectivity index (χ3n) is 4.09. The van der Waals surface area contributed by atoms with E-state index in [-0.39, 0.29) is 0 Å². The van der Waals surface area contributed by atoms with E-state index >= 15 is 0 Å². The van der Waals surface area contributed by atoms with Gasteiger partial charge in [0.15, 0.2) is 0 Å². The van der Waals surface area contributed by atoms with Crippen molar-refractivity contribution in [2.24, 2.45) is 4.99 Å². The molecule has 26 heavy (non-hydrogen) atoms. The third-order valence-corrected chi connectivity index (χ3v) is 4.09. The molecule has 4 rings (SSSR count). The number of hydrogen-bond donors (Lipinski definition) is 1. The molecule has 0 spiro atoms. The molecule has 0 unspecified atom stereocenters. The summed E-state index contributed by atoms with van der Waals surface area (Å²) < 4.78 is 0. The van der Waals surface area contributed by atoms with Gasteiger partial charge in [-0.3, -0.25) is 15.0 Å². The average molecular weight is 338 g/mol. The van der Waals surface area contributed by atoms with Gasteiger partial charge in [0.1, 0.15) is 0 Å². The molecule has 0 atom stereocenters. The van der Waals surface area contributed by atoms with Crippen LogP contribution >= 0.6 is 0 Å². The van der Waals surface area contributed by atoms with Crippen LogP contribution in [0.2, 0.25) is 0 Å². The zero-order chi connectivity index (χ0) is 17.6. The van der Waals surface area contributed by atoms with Gasteiger partial charge in [-0.05, 0) is 41.8 Å². The van der Waals surface area contributed by atoms with E-state index in [1.807, 2.05) is 54.7 Å². The van der Waals surface area contributed by atoms with Gasteiger partial charge in [0, 0.05) is 23.5 Å². The standard InChI is InChI=1S/C22H18N4/c1-3-13-23-18(9-1)15-25-20-11-5-7-17-8-6-12-21(22(17)20)26-16-19-10-2-4-14-24-19/h1-15,26H,16H2. The van der Waals surface area contributed by atoms with E-state index in [1.165, 1.54) is 0 Å². The zero-order valence-electron chi connectivity index (χ0n) is 14.2. The summed E-state index contributed by atoms with van der Waals surface area (Å²) in [7, 11) is 0. The average Bonchev–Trinajstić information content (AvgIpc) is 2.72. The van der Waals surface area contributed by atoms with Crippen molar-refractivity contribution in [3.05, 3.63) is 96.6 Å². The predicted molar refractivity (Wildman–Crippen MR) is 107 cm³/mol. The molecule has 4 aromatic rings. The van der Waals surface area contributed by atoms with Crippen molar-refractivity contribution in [3.63, 3.8) is 0 Å². The van der Waals surface area contributed by atoms with Crippen LogP contribution in [0.15, 0.2) is 90.2 Å². The maximum Gasteiger partial charge on any atom is 0.0812 e. The second-order valence-electron chi connectivity index (χ2n) is 5.87. The molecular formula is C22H18N4. The second kappa shape index (κ2) is 7.57. The van der Waals surface area contributed by atoms with E-state index in [2.05, 4.69) is 44.5 Å². The molecule has 126 valence electrons. The van der Waals surface area contributed by atoms with Crippen LogP contribution in [-0.2, 0) is 6.54 Å². The molecule has 0 amide bonds. The molecule has 0 bridgehead atoms. The quantitative estimate of drug-likeness (QED) is 0.521. The van der Waals surface area contributed by atoms with Gasteiger partial charge >= 0.3 is 0 Å². The Morgan fingerprint density at radius 1 is 0.808 bits per heavy atom. The molecule has 0 aliphatic heterocycles. The number of aliphatic imine (C=N–C) groups is 1. The molecule has 4 nitrogen and oxygen atoms in total. The molecule has 0 fully saturated rings. The number of nitrogens with zero attached hydrogens (tertiary/aromatic N) is 3. The maximum absolute atomic E-state index is 4.68. The SMILES string of the molecule is C(=Nc1cccc2cccc(NCc3ccccn3)c12)c1ccccn1. The number of hydrogen-bond acceptors (Lipinski definition) is 4. The van der Waals surface area contributed by atoms with Gasteiger partial charge in [-0.15, -0.1) is 0 Å². The maximum atomic E-state index is 4.68. The molecule has 4 heteroatoms. The van der Waals surface area contributed by atoms with Gasteiger partial charge in [0.05, 0.1) is 29.8 Å². The van der Waals surface area contributed by atoms with Crippen LogP contribution in [0.4, 0.5) is 11.4 Å². The molecule has 0 saturated carbocycles. The molecule has 1 N–H and O–H groups in total. The predicted octanol–water partition coefficient (Wildman–Crippen LogP) is 4.99. The Bertz CT molecular complexity index is 1020. The molecule has 2 aromatic carbocycles. The lowest BCUT2D eigenvalue weighted by atomic mass is 10.1. The van der Waals surface area contributed by atoms with Gasteiger partial charge in [-0.1, -0.05) is 36.4 Å². The molecular weight excluding hydrogens is 320 g/mol. The summed E-state index contributed by atoms with van der Waals surface area (Å²) in [6, 6.07) is 24.1. The Balaban J connectivity index is 1.68. The Morgan fingerprint density at radius 3 is 2.38 bits per heavy atom. The number of anilines is 1. The molecule has 0 aliphatic carbocycles. The Morgan fingerprint density at radius 2 is 1.62 bits per heavy atom. The largest absolute Gasteiger partial charge is 0.379 e. The first-order valence-corrected chi connectivity index (χ1v) is 8.51. The van der Waals surface area contributed by atoms with E-state index in [4.69, 9.17) is 0 Å². The highest BCUT2D eigenvalue weighted by atomic mass is 14.9. The molecule has 0 aliphatic rings. The van der Waals surface area contributed by atoms with E-state index in [9.17, 15) is 0 Å². The normalized spacial score (nSPS) is 11.1. The summed E-state index contributed by atoms with van der Waals surface area (Å²) in [6.45, 7) is 0.665. The molecule has 0 saturated heterocycles. The summed E-state index contributed by atoms with van der Waals surface area (Å²) in [5.74, 6) is 0. The smallest absolute Gasteiger partial charge is 0.0812 e. The van der Waals surface area contributed by atoms with Crippen LogP contribution in [0.1, 0.15) is 11.4 Å². The topological polar surface area (TPSA) is 50.2 Å². The van der Waals surface area contributed by atoms with Crippen molar-refractivity contribution >= 4 is 28.4 Å². The van der Waals surface area contributed by atoms with Gasteiger partial charge < -0.3 is 5.32 Å². The fourth-order valence-electron chi connectivity index (χ4n) is 2.85. The number of aromatic nitrogens is 2. The van der Waals surface area contributed by atoms with Crippen molar-refractivity contribution in [3.8, 4) is 0 Å². The number of nitrogens with one attached hydrogen (secondary N) is 1. The molecule has 2 aromatic heterocycles. The fourth-order valence-corrected chi connectivity index (χ4v) is 2.85. The van der Waals surface area contributed by atoms with Gasteiger partial charge in [-0.2, -0.15) is 0 Å². The van der Waals surface area contributed by atoms with Crippen molar-refractivity contribution in [1.82, 2.24) is 9.97 Å². The summed E-state index contributed by atoms with van der Waals surface area (Å²) >= 11 is 0. The number of rotatable bonds is 5. The minimum atomic E-state index is 0.665. The lowest BCUT2D eigenvalue weighted by Crippen LogP contribution is -2.01. The highest BCUT2D eigenvalue weighted by Crippen LogP contribution is 2.32. The zero-order valence-corrected chi connectivity index (χ0v) is 14.2. The van der Waals surface area contributed by atoms with Crippen LogP contribution in [0, 0.1) is 0 Å². The van der Waals surface area contributed by atoms with Crippen LogP contribution in [0.25, 0.3) is 10.8 Å². The van der Waals surface area contributed by atoms with Crippen LogP contribution < -0.4 is 5.32 Å². The highest BCUT2D eigenvalue weighted by molar-refractivity contribution is 6.03. The van der Waals surface area contributed by atoms with Crippen molar-refractivity contribution in [1.29, 1.82) is 0 Å². The summed E-state index contributed by atoms with van der Waals surface area (Å²) in [4.78, 5) is 13.3. The minimum Gasteiger partial charge on any atom is -0.379 e. The highest BCUT2D eigenvalue weighted by Gasteiger charge is 2.06. The van der Waals surface area contributed by atoms with Crippen LogP contribution in [0.3, 0.4) is 0 Å². The molecule has 2 heterocycles. The van der Waals surface area contributed by atoms with Crippen molar-refractivity contribution in [2.75, 3.05) is 5.32 Å². The third kappa shape index (κ3) is 3.59. The van der Waals surface area contributed by atoms with Crippen LogP contribution in [0.5, 0.6) is 0 Å². The summed E-state index contributed by atoms with van der Waals surface area (Å²) in [5.41, 5.74) is 3.79. The summed E-state index contributed by atoms with van der Waals surface area (Å²) in [6.07, 6.45) is 5.37. The molecule has 0 radical (unpaired) electrons. The number of fused-ring (bicyclic) bond motifs is 1. The van der Waals surface area contributed by atoms with Gasteiger partial charge in [0.25, 0.3) is 0 Å². The number of benzene rings is 2. The van der Waals surface area contributed by atoms with Crippen LogP contribution in [-0.4, -0.2) is 16.2 Å². The Kier molecular flexibility index (Phi) is 4.65. The van der Waals surface area contributed by atoms with Gasteiger partial charge in [0.2, 0.25) is 0 Å². The first-order valence-electron chi connectivity index (χ1n) is 8.51. The first-order chi connectivity index (χ1) is 12.9. The Labute approximate surface area is 152 Å².